The minimum Gasteiger partial charge on any atom is -0.461 e. The van der Waals surface area contributed by atoms with Crippen molar-refractivity contribution in [3.63, 3.8) is 0 Å². The van der Waals surface area contributed by atoms with Gasteiger partial charge in [0.05, 0.1) is 6.61 Å². The van der Waals surface area contributed by atoms with E-state index in [1.165, 1.54) is 19.1 Å². The molecule has 1 atom stereocenters. The van der Waals surface area contributed by atoms with E-state index in [1.807, 2.05) is 0 Å². The molecule has 0 aliphatic heterocycles. The zero-order chi connectivity index (χ0) is 11.5. The molecule has 1 aromatic rings. The van der Waals surface area contributed by atoms with Gasteiger partial charge in [-0.3, -0.25) is 0 Å². The maximum absolute atomic E-state index is 11.3. The molecule has 5 nitrogen and oxygen atoms in total. The molecule has 0 bridgehead atoms. The summed E-state index contributed by atoms with van der Waals surface area (Å²) in [5.41, 5.74) is 0.215. The van der Waals surface area contributed by atoms with Gasteiger partial charge in [0.1, 0.15) is 6.26 Å². The Kier molecular flexibility index (Phi) is 3.12. The van der Waals surface area contributed by atoms with Gasteiger partial charge in [-0.2, -0.15) is 4.98 Å². The van der Waals surface area contributed by atoms with Crippen molar-refractivity contribution >= 4 is 12.0 Å². The van der Waals surface area contributed by atoms with Crippen LogP contribution in [0.1, 0.15) is 37.2 Å². The molecule has 0 aromatic carbocycles. The first-order chi connectivity index (χ1) is 7.70. The lowest BCUT2D eigenvalue weighted by Gasteiger charge is -2.09. The Hall–Kier alpha value is -1.52. The van der Waals surface area contributed by atoms with Crippen molar-refractivity contribution in [2.75, 3.05) is 11.9 Å². The van der Waals surface area contributed by atoms with E-state index in [1.54, 1.807) is 6.92 Å². The van der Waals surface area contributed by atoms with Crippen molar-refractivity contribution in [3.8, 4) is 0 Å². The molecule has 1 aliphatic rings. The lowest BCUT2D eigenvalue weighted by Crippen LogP contribution is -2.17. The monoisotopic (exact) mass is 224 g/mol. The van der Waals surface area contributed by atoms with Crippen LogP contribution in [0.3, 0.4) is 0 Å². The van der Waals surface area contributed by atoms with Crippen molar-refractivity contribution in [2.45, 2.75) is 32.7 Å². The molecule has 16 heavy (non-hydrogen) atoms. The fraction of sp³-hybridized carbons (Fsp3) is 0.636. The lowest BCUT2D eigenvalue weighted by atomic mass is 10.2. The van der Waals surface area contributed by atoms with Crippen LogP contribution in [0.15, 0.2) is 10.7 Å². The highest BCUT2D eigenvalue weighted by atomic mass is 16.5. The first-order valence-corrected chi connectivity index (χ1v) is 5.60. The quantitative estimate of drug-likeness (QED) is 0.775. The molecule has 1 heterocycles. The van der Waals surface area contributed by atoms with Gasteiger partial charge < -0.3 is 14.5 Å². The number of ether oxygens (including phenoxy) is 1. The van der Waals surface area contributed by atoms with E-state index in [2.05, 4.69) is 17.2 Å². The number of hydrogen-bond donors (Lipinski definition) is 1. The molecule has 88 valence electrons. The molecular formula is C11H16N2O3. The predicted octanol–water partition coefficient (Wildman–Crippen LogP) is 2.06. The number of hydrogen-bond acceptors (Lipinski definition) is 5. The first-order valence-electron chi connectivity index (χ1n) is 5.60. The third-order valence-corrected chi connectivity index (χ3v) is 2.67. The van der Waals surface area contributed by atoms with Gasteiger partial charge in [-0.1, -0.05) is 0 Å². The van der Waals surface area contributed by atoms with Crippen LogP contribution in [0.2, 0.25) is 0 Å². The SMILES string of the molecule is CCOC(=O)c1coc(NC(C)C2CC2)n1. The molecule has 1 unspecified atom stereocenters. The summed E-state index contributed by atoms with van der Waals surface area (Å²) in [7, 11) is 0. The van der Waals surface area contributed by atoms with Crippen molar-refractivity contribution < 1.29 is 13.9 Å². The molecule has 1 aromatic heterocycles. The third-order valence-electron chi connectivity index (χ3n) is 2.67. The summed E-state index contributed by atoms with van der Waals surface area (Å²) >= 11 is 0. The molecule has 5 heteroatoms. The van der Waals surface area contributed by atoms with Gasteiger partial charge in [-0.25, -0.2) is 4.79 Å². The number of esters is 1. The second kappa shape index (κ2) is 4.55. The average molecular weight is 224 g/mol. The van der Waals surface area contributed by atoms with Crippen LogP contribution < -0.4 is 5.32 Å². The Morgan fingerprint density at radius 1 is 1.75 bits per heavy atom. The van der Waals surface area contributed by atoms with E-state index in [-0.39, 0.29) is 5.69 Å². The van der Waals surface area contributed by atoms with Gasteiger partial charge in [0.25, 0.3) is 6.01 Å². The highest BCUT2D eigenvalue weighted by Gasteiger charge is 2.28. The first kappa shape index (κ1) is 11.0. The molecule has 0 saturated heterocycles. The van der Waals surface area contributed by atoms with Crippen molar-refractivity contribution in [1.82, 2.24) is 4.98 Å². The van der Waals surface area contributed by atoms with Crippen LogP contribution in [0.25, 0.3) is 0 Å². The largest absolute Gasteiger partial charge is 0.461 e. The predicted molar refractivity (Wildman–Crippen MR) is 58.3 cm³/mol. The van der Waals surface area contributed by atoms with Gasteiger partial charge in [0.2, 0.25) is 0 Å². The Labute approximate surface area is 94.2 Å². The Balaban J connectivity index is 1.93. The van der Waals surface area contributed by atoms with Gasteiger partial charge in [-0.05, 0) is 32.6 Å². The number of carbonyl (C=O) groups is 1. The maximum Gasteiger partial charge on any atom is 0.360 e. The van der Waals surface area contributed by atoms with E-state index in [9.17, 15) is 4.79 Å². The fourth-order valence-electron chi connectivity index (χ4n) is 1.55. The number of nitrogens with zero attached hydrogens (tertiary/aromatic N) is 1. The van der Waals surface area contributed by atoms with Gasteiger partial charge in [0, 0.05) is 6.04 Å². The molecular weight excluding hydrogens is 208 g/mol. The van der Waals surface area contributed by atoms with Crippen molar-refractivity contribution in [3.05, 3.63) is 12.0 Å². The molecule has 0 spiro atoms. The molecule has 1 aliphatic carbocycles. The summed E-state index contributed by atoms with van der Waals surface area (Å²) in [5.74, 6) is 0.260. The van der Waals surface area contributed by atoms with Crippen molar-refractivity contribution in [1.29, 1.82) is 0 Å². The lowest BCUT2D eigenvalue weighted by molar-refractivity contribution is 0.0519. The van der Waals surface area contributed by atoms with Gasteiger partial charge in [-0.15, -0.1) is 0 Å². The Morgan fingerprint density at radius 2 is 2.50 bits per heavy atom. The van der Waals surface area contributed by atoms with Crippen LogP contribution in [-0.2, 0) is 4.74 Å². The molecule has 1 saturated carbocycles. The van der Waals surface area contributed by atoms with Gasteiger partial charge in [0.15, 0.2) is 5.69 Å². The summed E-state index contributed by atoms with van der Waals surface area (Å²) in [5, 5.41) is 3.14. The maximum atomic E-state index is 11.3. The highest BCUT2D eigenvalue weighted by Crippen LogP contribution is 2.33. The molecule has 0 radical (unpaired) electrons. The topological polar surface area (TPSA) is 64.4 Å². The summed E-state index contributed by atoms with van der Waals surface area (Å²) in [6, 6.07) is 0.733. The van der Waals surface area contributed by atoms with Crippen LogP contribution in [0, 0.1) is 5.92 Å². The van der Waals surface area contributed by atoms with E-state index in [0.29, 0.717) is 24.6 Å². The summed E-state index contributed by atoms with van der Waals surface area (Å²) in [6.45, 7) is 4.19. The third kappa shape index (κ3) is 2.53. The second-order valence-electron chi connectivity index (χ2n) is 4.03. The van der Waals surface area contributed by atoms with Gasteiger partial charge >= 0.3 is 5.97 Å². The summed E-state index contributed by atoms with van der Waals surface area (Å²) < 4.78 is 9.97. The molecule has 1 N–H and O–H groups in total. The van der Waals surface area contributed by atoms with E-state index in [4.69, 9.17) is 9.15 Å². The zero-order valence-electron chi connectivity index (χ0n) is 9.53. The normalized spacial score (nSPS) is 16.9. The molecule has 2 rings (SSSR count). The highest BCUT2D eigenvalue weighted by molar-refractivity contribution is 5.87. The minimum atomic E-state index is -0.446. The number of anilines is 1. The van der Waals surface area contributed by atoms with E-state index < -0.39 is 5.97 Å². The average Bonchev–Trinajstić information content (AvgIpc) is 3.00. The Bertz CT molecular complexity index is 371. The summed E-state index contributed by atoms with van der Waals surface area (Å²) in [4.78, 5) is 15.3. The fourth-order valence-corrected chi connectivity index (χ4v) is 1.55. The number of aromatic nitrogens is 1. The van der Waals surface area contributed by atoms with Crippen LogP contribution in [0.5, 0.6) is 0 Å². The summed E-state index contributed by atoms with van der Waals surface area (Å²) in [6.07, 6.45) is 3.82. The van der Waals surface area contributed by atoms with E-state index in [0.717, 1.165) is 0 Å². The number of oxazole rings is 1. The second-order valence-corrected chi connectivity index (χ2v) is 4.03. The van der Waals surface area contributed by atoms with E-state index >= 15 is 0 Å². The number of rotatable bonds is 5. The number of carbonyl (C=O) groups excluding carboxylic acids is 1. The molecule has 0 amide bonds. The van der Waals surface area contributed by atoms with Crippen LogP contribution in [-0.4, -0.2) is 23.6 Å². The minimum absolute atomic E-state index is 0.215. The molecule has 1 fully saturated rings. The van der Waals surface area contributed by atoms with Crippen LogP contribution in [0.4, 0.5) is 6.01 Å². The van der Waals surface area contributed by atoms with Crippen molar-refractivity contribution in [2.24, 2.45) is 5.92 Å². The standard InChI is InChI=1S/C11H16N2O3/c1-3-15-10(14)9-6-16-11(13-9)12-7(2)8-4-5-8/h6-8H,3-5H2,1-2H3,(H,12,13). The number of nitrogens with one attached hydrogen (secondary N) is 1. The zero-order valence-corrected chi connectivity index (χ0v) is 9.53. The Morgan fingerprint density at radius 3 is 3.12 bits per heavy atom. The smallest absolute Gasteiger partial charge is 0.360 e. The van der Waals surface area contributed by atoms with Crippen LogP contribution >= 0.6 is 0 Å².